The Morgan fingerprint density at radius 3 is 2.53 bits per heavy atom. The number of nitrogens with one attached hydrogen (secondary N) is 1. The number of amides is 2. The zero-order chi connectivity index (χ0) is 12.3. The lowest BCUT2D eigenvalue weighted by atomic mass is 10.1. The van der Waals surface area contributed by atoms with Gasteiger partial charge in [0, 0.05) is 6.54 Å². The Labute approximate surface area is 98.9 Å². The summed E-state index contributed by atoms with van der Waals surface area (Å²) in [6.45, 7) is 0.522. The molecule has 1 aliphatic rings. The molecule has 0 radical (unpaired) electrons. The molecule has 0 aliphatic carbocycles. The lowest BCUT2D eigenvalue weighted by Crippen LogP contribution is -2.33. The molecular weight excluding hydrogens is 220 g/mol. The summed E-state index contributed by atoms with van der Waals surface area (Å²) in [6, 6.07) is 9.82. The van der Waals surface area contributed by atoms with Crippen LogP contribution in [0, 0.1) is 0 Å². The number of rotatable bonds is 5. The first-order chi connectivity index (χ1) is 8.18. The van der Waals surface area contributed by atoms with Gasteiger partial charge in [-0.3, -0.25) is 9.59 Å². The van der Waals surface area contributed by atoms with Crippen molar-refractivity contribution in [2.45, 2.75) is 18.6 Å². The molecule has 0 spiro atoms. The lowest BCUT2D eigenvalue weighted by molar-refractivity contribution is -0.123. The van der Waals surface area contributed by atoms with Crippen LogP contribution >= 0.6 is 0 Å². The summed E-state index contributed by atoms with van der Waals surface area (Å²) in [5, 5.41) is 2.71. The average Bonchev–Trinajstić information content (AvgIpc) is 3.10. The fourth-order valence-electron chi connectivity index (χ4n) is 1.60. The van der Waals surface area contributed by atoms with Crippen LogP contribution in [-0.2, 0) is 20.7 Å². The molecule has 1 saturated heterocycles. The summed E-state index contributed by atoms with van der Waals surface area (Å²) in [5.74, 6) is -0.863. The Hall–Kier alpha value is -1.88. The molecule has 3 N–H and O–H groups in total. The van der Waals surface area contributed by atoms with E-state index in [0.29, 0.717) is 6.54 Å². The van der Waals surface area contributed by atoms with E-state index in [1.54, 1.807) is 0 Å². The van der Waals surface area contributed by atoms with Gasteiger partial charge in [0.25, 0.3) is 5.91 Å². The second-order valence-corrected chi connectivity index (χ2v) is 3.91. The molecule has 5 heteroatoms. The highest BCUT2D eigenvalue weighted by Crippen LogP contribution is 2.21. The minimum atomic E-state index is -0.744. The molecule has 0 aromatic heterocycles. The van der Waals surface area contributed by atoms with Crippen LogP contribution in [0.4, 0.5) is 0 Å². The highest BCUT2D eigenvalue weighted by atomic mass is 16.6. The van der Waals surface area contributed by atoms with Gasteiger partial charge in [-0.05, 0) is 12.0 Å². The third-order valence-corrected chi connectivity index (χ3v) is 2.59. The highest BCUT2D eigenvalue weighted by Gasteiger charge is 2.49. The highest BCUT2D eigenvalue weighted by molar-refractivity contribution is 5.94. The van der Waals surface area contributed by atoms with Crippen molar-refractivity contribution < 1.29 is 14.3 Å². The lowest BCUT2D eigenvalue weighted by Gasteiger charge is -2.03. The van der Waals surface area contributed by atoms with Crippen molar-refractivity contribution in [1.29, 1.82) is 0 Å². The second-order valence-electron chi connectivity index (χ2n) is 3.91. The second kappa shape index (κ2) is 4.97. The Bertz CT molecular complexity index is 419. The maximum absolute atomic E-state index is 11.5. The van der Waals surface area contributed by atoms with Crippen molar-refractivity contribution in [2.24, 2.45) is 5.73 Å². The number of epoxide rings is 1. The molecule has 0 saturated carbocycles. The van der Waals surface area contributed by atoms with Gasteiger partial charge in [-0.1, -0.05) is 30.3 Å². The molecule has 1 heterocycles. The maximum Gasteiger partial charge on any atom is 0.252 e. The third kappa shape index (κ3) is 3.04. The molecule has 1 aliphatic heterocycles. The van der Waals surface area contributed by atoms with Crippen molar-refractivity contribution in [3.63, 3.8) is 0 Å². The number of benzene rings is 1. The molecule has 0 bridgehead atoms. The summed E-state index contributed by atoms with van der Waals surface area (Å²) in [5.41, 5.74) is 6.15. The molecule has 2 amide bonds. The number of primary amides is 1. The zero-order valence-corrected chi connectivity index (χ0v) is 9.26. The van der Waals surface area contributed by atoms with Crippen molar-refractivity contribution in [2.75, 3.05) is 6.54 Å². The fraction of sp³-hybridized carbons (Fsp3) is 0.333. The van der Waals surface area contributed by atoms with Crippen LogP contribution in [0.3, 0.4) is 0 Å². The van der Waals surface area contributed by atoms with E-state index in [1.807, 2.05) is 30.3 Å². The number of hydrogen-bond acceptors (Lipinski definition) is 3. The molecular formula is C12H14N2O3. The average molecular weight is 234 g/mol. The van der Waals surface area contributed by atoms with E-state index >= 15 is 0 Å². The first-order valence-corrected chi connectivity index (χ1v) is 5.45. The van der Waals surface area contributed by atoms with Gasteiger partial charge in [0.15, 0.2) is 12.2 Å². The van der Waals surface area contributed by atoms with Crippen molar-refractivity contribution in [1.82, 2.24) is 5.32 Å². The first-order valence-electron chi connectivity index (χ1n) is 5.45. The van der Waals surface area contributed by atoms with Crippen molar-refractivity contribution in [3.8, 4) is 0 Å². The smallest absolute Gasteiger partial charge is 0.252 e. The largest absolute Gasteiger partial charge is 0.367 e. The van der Waals surface area contributed by atoms with Gasteiger partial charge >= 0.3 is 0 Å². The Morgan fingerprint density at radius 1 is 1.24 bits per heavy atom. The van der Waals surface area contributed by atoms with Crippen molar-refractivity contribution >= 4 is 11.8 Å². The first kappa shape index (κ1) is 11.6. The number of carbonyl (C=O) groups excluding carboxylic acids is 2. The van der Waals surface area contributed by atoms with Gasteiger partial charge in [-0.2, -0.15) is 0 Å². The minimum absolute atomic E-state index is 0.273. The number of ether oxygens (including phenoxy) is 1. The van der Waals surface area contributed by atoms with E-state index in [1.165, 1.54) is 0 Å². The SMILES string of the molecule is NC(=O)C1OC1C(=O)NCCc1ccccc1. The van der Waals surface area contributed by atoms with E-state index in [0.717, 1.165) is 12.0 Å². The van der Waals surface area contributed by atoms with E-state index in [9.17, 15) is 9.59 Å². The quantitative estimate of drug-likeness (QED) is 0.680. The van der Waals surface area contributed by atoms with Gasteiger partial charge in [0.2, 0.25) is 5.91 Å². The maximum atomic E-state index is 11.5. The molecule has 2 rings (SSSR count). The normalized spacial score (nSPS) is 21.9. The summed E-state index contributed by atoms with van der Waals surface area (Å²) in [4.78, 5) is 22.2. The van der Waals surface area contributed by atoms with E-state index < -0.39 is 18.1 Å². The van der Waals surface area contributed by atoms with Crippen LogP contribution in [0.1, 0.15) is 5.56 Å². The Morgan fingerprint density at radius 2 is 1.94 bits per heavy atom. The van der Waals surface area contributed by atoms with Gasteiger partial charge < -0.3 is 15.8 Å². The topological polar surface area (TPSA) is 84.7 Å². The summed E-state index contributed by atoms with van der Waals surface area (Å²) < 4.78 is 4.86. The molecule has 1 aromatic carbocycles. The van der Waals surface area contributed by atoms with Gasteiger partial charge in [-0.25, -0.2) is 0 Å². The molecule has 1 fully saturated rings. The van der Waals surface area contributed by atoms with Crippen LogP contribution in [0.5, 0.6) is 0 Å². The van der Waals surface area contributed by atoms with E-state index in [4.69, 9.17) is 10.5 Å². The van der Waals surface area contributed by atoms with E-state index in [-0.39, 0.29) is 5.91 Å². The standard InChI is InChI=1S/C12H14N2O3/c13-11(15)9-10(17-9)12(16)14-7-6-8-4-2-1-3-5-8/h1-5,9-10H,6-7H2,(H2,13,15)(H,14,16). The van der Waals surface area contributed by atoms with Crippen molar-refractivity contribution in [3.05, 3.63) is 35.9 Å². The van der Waals surface area contributed by atoms with E-state index in [2.05, 4.69) is 5.32 Å². The molecule has 2 atom stereocenters. The number of carbonyl (C=O) groups is 2. The summed E-state index contributed by atoms with van der Waals surface area (Å²) in [6.07, 6.45) is -0.685. The zero-order valence-electron chi connectivity index (χ0n) is 9.26. The third-order valence-electron chi connectivity index (χ3n) is 2.59. The molecule has 17 heavy (non-hydrogen) atoms. The predicted molar refractivity (Wildman–Crippen MR) is 61.0 cm³/mol. The Balaban J connectivity index is 1.70. The number of hydrogen-bond donors (Lipinski definition) is 2. The van der Waals surface area contributed by atoms with Crippen LogP contribution in [0.2, 0.25) is 0 Å². The van der Waals surface area contributed by atoms with Gasteiger partial charge in [0.05, 0.1) is 0 Å². The van der Waals surface area contributed by atoms with Gasteiger partial charge in [0.1, 0.15) is 0 Å². The summed E-state index contributed by atoms with van der Waals surface area (Å²) in [7, 11) is 0. The minimum Gasteiger partial charge on any atom is -0.367 e. The molecule has 2 unspecified atom stereocenters. The van der Waals surface area contributed by atoms with Crippen LogP contribution in [0.15, 0.2) is 30.3 Å². The fourth-order valence-corrected chi connectivity index (χ4v) is 1.60. The van der Waals surface area contributed by atoms with Crippen LogP contribution < -0.4 is 11.1 Å². The monoisotopic (exact) mass is 234 g/mol. The molecule has 1 aromatic rings. The number of nitrogens with two attached hydrogens (primary N) is 1. The molecule has 5 nitrogen and oxygen atoms in total. The Kier molecular flexibility index (Phi) is 3.39. The van der Waals surface area contributed by atoms with Crippen LogP contribution in [0.25, 0.3) is 0 Å². The van der Waals surface area contributed by atoms with Gasteiger partial charge in [-0.15, -0.1) is 0 Å². The molecule has 90 valence electrons. The predicted octanol–water partition coefficient (Wildman–Crippen LogP) is -0.402. The summed E-state index contributed by atoms with van der Waals surface area (Å²) >= 11 is 0. The van der Waals surface area contributed by atoms with Crippen LogP contribution in [-0.4, -0.2) is 30.6 Å².